The van der Waals surface area contributed by atoms with E-state index in [0.29, 0.717) is 5.02 Å². The molecule has 0 aliphatic heterocycles. The van der Waals surface area contributed by atoms with Gasteiger partial charge in [0.25, 0.3) is 0 Å². The van der Waals surface area contributed by atoms with E-state index in [1.807, 2.05) is 0 Å². The average Bonchev–Trinajstić information content (AvgIpc) is 2.22. The second-order valence-electron chi connectivity index (χ2n) is 2.54. The van der Waals surface area contributed by atoms with E-state index >= 15 is 0 Å². The molecule has 1 amide bonds. The average molecular weight is 265 g/mol. The fraction of sp³-hybridized carbons (Fsp3) is 0.222. The minimum Gasteiger partial charge on any atom is -0.459 e. The Bertz CT molecular complexity index is 368. The first-order chi connectivity index (χ1) is 7.13. The number of halogens is 2. The van der Waals surface area contributed by atoms with Crippen LogP contribution in [0.3, 0.4) is 0 Å². The van der Waals surface area contributed by atoms with Gasteiger partial charge in [0, 0.05) is 6.20 Å². The summed E-state index contributed by atoms with van der Waals surface area (Å²) in [5.74, 6) is -1.54. The summed E-state index contributed by atoms with van der Waals surface area (Å²) in [6, 6.07) is 3.04. The van der Waals surface area contributed by atoms with Crippen LogP contribution in [0.25, 0.3) is 0 Å². The molecule has 0 fully saturated rings. The van der Waals surface area contributed by atoms with Crippen LogP contribution in [-0.2, 0) is 14.3 Å². The molecule has 1 N–H and O–H groups in total. The SMILES string of the molecule is CCOC(=O)C(=O)Nc1ccc(Cl)cn1.Cl. The second kappa shape index (κ2) is 7.03. The van der Waals surface area contributed by atoms with Crippen LogP contribution in [0.4, 0.5) is 5.82 Å². The molecule has 16 heavy (non-hydrogen) atoms. The number of carbonyl (C=O) groups excluding carboxylic acids is 2. The van der Waals surface area contributed by atoms with E-state index in [1.165, 1.54) is 12.3 Å². The van der Waals surface area contributed by atoms with Gasteiger partial charge in [0.15, 0.2) is 0 Å². The van der Waals surface area contributed by atoms with Crippen LogP contribution < -0.4 is 5.32 Å². The number of esters is 1. The second-order valence-corrected chi connectivity index (χ2v) is 2.97. The van der Waals surface area contributed by atoms with Gasteiger partial charge in [-0.15, -0.1) is 12.4 Å². The summed E-state index contributed by atoms with van der Waals surface area (Å²) >= 11 is 5.59. The Kier molecular flexibility index (Phi) is 6.44. The van der Waals surface area contributed by atoms with Crippen LogP contribution in [0, 0.1) is 0 Å². The number of aromatic nitrogens is 1. The van der Waals surface area contributed by atoms with Crippen molar-refractivity contribution in [3.05, 3.63) is 23.4 Å². The molecular formula is C9H10Cl2N2O3. The molecule has 0 bridgehead atoms. The van der Waals surface area contributed by atoms with Crippen molar-refractivity contribution in [1.82, 2.24) is 4.98 Å². The lowest BCUT2D eigenvalue weighted by Crippen LogP contribution is -2.25. The maximum Gasteiger partial charge on any atom is 0.397 e. The van der Waals surface area contributed by atoms with E-state index in [0.717, 1.165) is 0 Å². The van der Waals surface area contributed by atoms with Gasteiger partial charge in [-0.3, -0.25) is 4.79 Å². The highest BCUT2D eigenvalue weighted by Gasteiger charge is 2.14. The van der Waals surface area contributed by atoms with Crippen LogP contribution in [0.1, 0.15) is 6.92 Å². The van der Waals surface area contributed by atoms with Gasteiger partial charge < -0.3 is 10.1 Å². The van der Waals surface area contributed by atoms with Gasteiger partial charge in [-0.2, -0.15) is 0 Å². The highest BCUT2D eigenvalue weighted by molar-refractivity contribution is 6.37. The van der Waals surface area contributed by atoms with Gasteiger partial charge in [0.05, 0.1) is 11.6 Å². The van der Waals surface area contributed by atoms with Gasteiger partial charge in [0.1, 0.15) is 5.82 Å². The van der Waals surface area contributed by atoms with Crippen molar-refractivity contribution < 1.29 is 14.3 Å². The zero-order chi connectivity index (χ0) is 11.3. The quantitative estimate of drug-likeness (QED) is 0.652. The van der Waals surface area contributed by atoms with Crippen molar-refractivity contribution in [3.63, 3.8) is 0 Å². The number of carbonyl (C=O) groups is 2. The zero-order valence-electron chi connectivity index (χ0n) is 8.40. The molecule has 0 unspecified atom stereocenters. The molecular weight excluding hydrogens is 255 g/mol. The van der Waals surface area contributed by atoms with Crippen LogP contribution in [0.15, 0.2) is 18.3 Å². The number of nitrogens with one attached hydrogen (secondary N) is 1. The van der Waals surface area contributed by atoms with Crippen LogP contribution >= 0.6 is 24.0 Å². The summed E-state index contributed by atoms with van der Waals surface area (Å²) in [6.45, 7) is 1.77. The molecule has 0 atom stereocenters. The van der Waals surface area contributed by atoms with E-state index in [1.54, 1.807) is 13.0 Å². The minimum atomic E-state index is -0.936. The topological polar surface area (TPSA) is 68.3 Å². The summed E-state index contributed by atoms with van der Waals surface area (Å²) in [7, 11) is 0. The van der Waals surface area contributed by atoms with E-state index in [2.05, 4.69) is 15.0 Å². The molecule has 88 valence electrons. The first-order valence-electron chi connectivity index (χ1n) is 4.23. The Labute approximate surface area is 104 Å². The number of rotatable bonds is 2. The summed E-state index contributed by atoms with van der Waals surface area (Å²) < 4.78 is 4.49. The Hall–Kier alpha value is -1.33. The Morgan fingerprint density at radius 2 is 2.19 bits per heavy atom. The Balaban J connectivity index is 0.00000225. The van der Waals surface area contributed by atoms with Crippen LogP contribution in [-0.4, -0.2) is 23.5 Å². The maximum atomic E-state index is 11.1. The van der Waals surface area contributed by atoms with Gasteiger partial charge in [-0.05, 0) is 19.1 Å². The summed E-state index contributed by atoms with van der Waals surface area (Å²) in [4.78, 5) is 25.8. The van der Waals surface area contributed by atoms with Gasteiger partial charge in [0.2, 0.25) is 0 Å². The van der Waals surface area contributed by atoms with Crippen molar-refractivity contribution >= 4 is 41.7 Å². The molecule has 5 nitrogen and oxygen atoms in total. The lowest BCUT2D eigenvalue weighted by molar-refractivity contribution is -0.152. The summed E-state index contributed by atoms with van der Waals surface area (Å²) in [5, 5.41) is 2.72. The molecule has 7 heteroatoms. The molecule has 0 radical (unpaired) electrons. The van der Waals surface area contributed by atoms with Crippen LogP contribution in [0.2, 0.25) is 5.02 Å². The monoisotopic (exact) mass is 264 g/mol. The smallest absolute Gasteiger partial charge is 0.397 e. The number of hydrogen-bond acceptors (Lipinski definition) is 4. The Morgan fingerprint density at radius 1 is 1.50 bits per heavy atom. The molecule has 0 aliphatic rings. The largest absolute Gasteiger partial charge is 0.459 e. The fourth-order valence-electron chi connectivity index (χ4n) is 0.814. The molecule has 0 saturated heterocycles. The van der Waals surface area contributed by atoms with Crippen LogP contribution in [0.5, 0.6) is 0 Å². The molecule has 0 aromatic carbocycles. The predicted octanol–water partition coefficient (Wildman–Crippen LogP) is 1.66. The molecule has 1 rings (SSSR count). The van der Waals surface area contributed by atoms with Crippen molar-refractivity contribution in [2.24, 2.45) is 0 Å². The molecule has 0 saturated carbocycles. The lowest BCUT2D eigenvalue weighted by Gasteiger charge is -2.03. The van der Waals surface area contributed by atoms with E-state index in [-0.39, 0.29) is 24.8 Å². The molecule has 1 heterocycles. The highest BCUT2D eigenvalue weighted by atomic mass is 35.5. The maximum absolute atomic E-state index is 11.1. The summed E-state index contributed by atoms with van der Waals surface area (Å²) in [6.07, 6.45) is 1.36. The van der Waals surface area contributed by atoms with E-state index in [9.17, 15) is 9.59 Å². The number of hydrogen-bond donors (Lipinski definition) is 1. The Morgan fingerprint density at radius 3 is 2.69 bits per heavy atom. The van der Waals surface area contributed by atoms with Crippen molar-refractivity contribution in [2.45, 2.75) is 6.92 Å². The van der Waals surface area contributed by atoms with Gasteiger partial charge >= 0.3 is 11.9 Å². The molecule has 0 spiro atoms. The molecule has 1 aromatic rings. The fourth-order valence-corrected chi connectivity index (χ4v) is 0.926. The lowest BCUT2D eigenvalue weighted by atomic mass is 10.4. The first kappa shape index (κ1) is 14.7. The van der Waals surface area contributed by atoms with Crippen molar-refractivity contribution in [1.29, 1.82) is 0 Å². The number of nitrogens with zero attached hydrogens (tertiary/aromatic N) is 1. The molecule has 0 aliphatic carbocycles. The minimum absolute atomic E-state index is 0. The predicted molar refractivity (Wildman–Crippen MR) is 61.8 cm³/mol. The highest BCUT2D eigenvalue weighted by Crippen LogP contribution is 2.09. The summed E-state index contributed by atoms with van der Waals surface area (Å²) in [5.41, 5.74) is 0. The van der Waals surface area contributed by atoms with Gasteiger partial charge in [-0.1, -0.05) is 11.6 Å². The molecule has 1 aromatic heterocycles. The van der Waals surface area contributed by atoms with Crippen molar-refractivity contribution in [3.8, 4) is 0 Å². The third-order valence-corrected chi connectivity index (χ3v) is 1.65. The standard InChI is InChI=1S/C9H9ClN2O3.ClH/c1-2-15-9(14)8(13)12-7-4-3-6(10)5-11-7;/h3-5H,2H2,1H3,(H,11,12,13);1H. The van der Waals surface area contributed by atoms with E-state index in [4.69, 9.17) is 11.6 Å². The normalized spacial score (nSPS) is 8.88. The number of anilines is 1. The van der Waals surface area contributed by atoms with Crippen molar-refractivity contribution in [2.75, 3.05) is 11.9 Å². The zero-order valence-corrected chi connectivity index (χ0v) is 9.97. The third-order valence-electron chi connectivity index (χ3n) is 1.43. The number of pyridine rings is 1. The third kappa shape index (κ3) is 4.46. The first-order valence-corrected chi connectivity index (χ1v) is 4.61. The number of ether oxygens (including phenoxy) is 1. The van der Waals surface area contributed by atoms with E-state index < -0.39 is 11.9 Å². The van der Waals surface area contributed by atoms with Gasteiger partial charge in [-0.25, -0.2) is 9.78 Å². The number of amides is 1.